The van der Waals surface area contributed by atoms with Crippen molar-refractivity contribution in [1.82, 2.24) is 5.32 Å². The zero-order valence-electron chi connectivity index (χ0n) is 11.6. The molecule has 19 heavy (non-hydrogen) atoms. The van der Waals surface area contributed by atoms with Gasteiger partial charge in [-0.3, -0.25) is 0 Å². The fourth-order valence-electron chi connectivity index (χ4n) is 1.50. The Labute approximate surface area is 113 Å². The number of carbonyl (C=O) groups excluding carboxylic acids is 1. The second-order valence-electron chi connectivity index (χ2n) is 5.50. The molecule has 1 aromatic rings. The number of urea groups is 1. The molecule has 0 aliphatic heterocycles. The summed E-state index contributed by atoms with van der Waals surface area (Å²) in [5, 5.41) is 22.9. The lowest BCUT2D eigenvalue weighted by atomic mass is 9.87. The molecule has 0 bridgehead atoms. The molecule has 5 heteroatoms. The van der Waals surface area contributed by atoms with Crippen molar-refractivity contribution in [3.63, 3.8) is 0 Å². The highest BCUT2D eigenvalue weighted by molar-refractivity contribution is 5.89. The van der Waals surface area contributed by atoms with E-state index in [1.807, 2.05) is 24.3 Å². The number of amides is 2. The van der Waals surface area contributed by atoms with Crippen molar-refractivity contribution in [2.45, 2.75) is 32.3 Å². The molecule has 0 saturated heterocycles. The first-order chi connectivity index (χ1) is 8.82. The molecule has 106 valence electrons. The Balaban J connectivity index is 2.51. The van der Waals surface area contributed by atoms with E-state index in [0.717, 1.165) is 0 Å². The Hall–Kier alpha value is -1.59. The molecule has 1 atom stereocenters. The molecule has 0 radical (unpaired) electrons. The first-order valence-corrected chi connectivity index (χ1v) is 6.27. The maximum Gasteiger partial charge on any atom is 0.319 e. The van der Waals surface area contributed by atoms with Crippen LogP contribution in [0.5, 0.6) is 0 Å². The van der Waals surface area contributed by atoms with Crippen molar-refractivity contribution < 1.29 is 15.0 Å². The normalized spacial score (nSPS) is 12.9. The first-order valence-electron chi connectivity index (χ1n) is 6.27. The second kappa shape index (κ2) is 6.54. The van der Waals surface area contributed by atoms with E-state index in [4.69, 9.17) is 10.2 Å². The minimum absolute atomic E-state index is 0.0163. The van der Waals surface area contributed by atoms with E-state index >= 15 is 0 Å². The quantitative estimate of drug-likeness (QED) is 0.666. The maximum absolute atomic E-state index is 11.5. The van der Waals surface area contributed by atoms with E-state index in [-0.39, 0.29) is 18.6 Å². The SMILES string of the molecule is CC(C)(C)c1ccc(NC(=O)NCC(O)CO)cc1. The standard InChI is InChI=1S/C14H22N2O3/c1-14(2,3)10-4-6-11(7-5-10)16-13(19)15-8-12(18)9-17/h4-7,12,17-18H,8-9H2,1-3H3,(H2,15,16,19). The number of carbonyl (C=O) groups is 1. The van der Waals surface area contributed by atoms with Gasteiger partial charge < -0.3 is 20.8 Å². The third-order valence-electron chi connectivity index (χ3n) is 2.72. The van der Waals surface area contributed by atoms with Gasteiger partial charge >= 0.3 is 6.03 Å². The second-order valence-corrected chi connectivity index (χ2v) is 5.50. The summed E-state index contributed by atoms with van der Waals surface area (Å²) in [5.74, 6) is 0. The summed E-state index contributed by atoms with van der Waals surface area (Å²) >= 11 is 0. The molecule has 1 unspecified atom stereocenters. The Morgan fingerprint density at radius 2 is 1.84 bits per heavy atom. The Morgan fingerprint density at radius 1 is 1.26 bits per heavy atom. The lowest BCUT2D eigenvalue weighted by Gasteiger charge is -2.19. The zero-order valence-corrected chi connectivity index (χ0v) is 11.6. The van der Waals surface area contributed by atoms with E-state index in [9.17, 15) is 4.79 Å². The lowest BCUT2D eigenvalue weighted by molar-refractivity contribution is 0.0965. The van der Waals surface area contributed by atoms with Gasteiger partial charge in [0, 0.05) is 12.2 Å². The van der Waals surface area contributed by atoms with Gasteiger partial charge in [0.05, 0.1) is 12.7 Å². The summed E-state index contributed by atoms with van der Waals surface area (Å²) in [6, 6.07) is 7.21. The van der Waals surface area contributed by atoms with Gasteiger partial charge in [0.1, 0.15) is 0 Å². The van der Waals surface area contributed by atoms with Crippen LogP contribution < -0.4 is 10.6 Å². The highest BCUT2D eigenvalue weighted by Gasteiger charge is 2.13. The monoisotopic (exact) mass is 266 g/mol. The minimum Gasteiger partial charge on any atom is -0.394 e. The molecule has 0 heterocycles. The highest BCUT2D eigenvalue weighted by atomic mass is 16.3. The third kappa shape index (κ3) is 5.28. The van der Waals surface area contributed by atoms with E-state index in [0.29, 0.717) is 5.69 Å². The van der Waals surface area contributed by atoms with Gasteiger partial charge in [0.2, 0.25) is 0 Å². The summed E-state index contributed by atoms with van der Waals surface area (Å²) in [7, 11) is 0. The van der Waals surface area contributed by atoms with Gasteiger partial charge in [-0.1, -0.05) is 32.9 Å². The number of aliphatic hydroxyl groups is 2. The molecule has 1 rings (SSSR count). The lowest BCUT2D eigenvalue weighted by Crippen LogP contribution is -2.36. The molecular weight excluding hydrogens is 244 g/mol. The van der Waals surface area contributed by atoms with Crippen molar-refractivity contribution in [1.29, 1.82) is 0 Å². The third-order valence-corrected chi connectivity index (χ3v) is 2.72. The Kier molecular flexibility index (Phi) is 5.32. The van der Waals surface area contributed by atoms with Gasteiger partial charge in [-0.25, -0.2) is 4.79 Å². The molecule has 0 aliphatic rings. The van der Waals surface area contributed by atoms with Gasteiger partial charge in [0.15, 0.2) is 0 Å². The largest absolute Gasteiger partial charge is 0.394 e. The molecule has 2 amide bonds. The van der Waals surface area contributed by atoms with Crippen LogP contribution in [0.25, 0.3) is 0 Å². The average Bonchev–Trinajstić information content (AvgIpc) is 2.35. The topological polar surface area (TPSA) is 81.6 Å². The first kappa shape index (κ1) is 15.5. The van der Waals surface area contributed by atoms with Crippen molar-refractivity contribution in [2.75, 3.05) is 18.5 Å². The van der Waals surface area contributed by atoms with Crippen LogP contribution >= 0.6 is 0 Å². The molecule has 1 aromatic carbocycles. The van der Waals surface area contributed by atoms with Crippen LogP contribution in [0.1, 0.15) is 26.3 Å². The van der Waals surface area contributed by atoms with Gasteiger partial charge in [-0.05, 0) is 23.1 Å². The number of anilines is 1. The fourth-order valence-corrected chi connectivity index (χ4v) is 1.50. The molecule has 4 N–H and O–H groups in total. The smallest absolute Gasteiger partial charge is 0.319 e. The van der Waals surface area contributed by atoms with E-state index in [1.54, 1.807) is 0 Å². The molecular formula is C14H22N2O3. The number of hydrogen-bond acceptors (Lipinski definition) is 3. The van der Waals surface area contributed by atoms with E-state index in [2.05, 4.69) is 31.4 Å². The number of rotatable bonds is 4. The highest BCUT2D eigenvalue weighted by Crippen LogP contribution is 2.23. The Bertz CT molecular complexity index is 410. The molecule has 0 saturated carbocycles. The molecule has 0 fully saturated rings. The number of aliphatic hydroxyl groups excluding tert-OH is 2. The Morgan fingerprint density at radius 3 is 2.32 bits per heavy atom. The van der Waals surface area contributed by atoms with Crippen LogP contribution in [-0.2, 0) is 5.41 Å². The number of nitrogens with one attached hydrogen (secondary N) is 2. The van der Waals surface area contributed by atoms with Gasteiger partial charge in [-0.15, -0.1) is 0 Å². The summed E-state index contributed by atoms with van der Waals surface area (Å²) < 4.78 is 0. The van der Waals surface area contributed by atoms with Crippen LogP contribution in [-0.4, -0.2) is 35.5 Å². The van der Waals surface area contributed by atoms with Crippen molar-refractivity contribution in [3.8, 4) is 0 Å². The summed E-state index contributed by atoms with van der Waals surface area (Å²) in [5.41, 5.74) is 1.95. The van der Waals surface area contributed by atoms with Crippen molar-refractivity contribution >= 4 is 11.7 Å². The molecule has 0 aromatic heterocycles. The van der Waals surface area contributed by atoms with Crippen LogP contribution in [0.2, 0.25) is 0 Å². The predicted molar refractivity (Wildman–Crippen MR) is 75.3 cm³/mol. The summed E-state index contributed by atoms with van der Waals surface area (Å²) in [4.78, 5) is 11.5. The maximum atomic E-state index is 11.5. The summed E-state index contributed by atoms with van der Waals surface area (Å²) in [6.07, 6.45) is -0.936. The van der Waals surface area contributed by atoms with E-state index < -0.39 is 12.1 Å². The molecule has 5 nitrogen and oxygen atoms in total. The van der Waals surface area contributed by atoms with Crippen LogP contribution in [0.4, 0.5) is 10.5 Å². The summed E-state index contributed by atoms with van der Waals surface area (Å²) in [6.45, 7) is 6.01. The predicted octanol–water partition coefficient (Wildman–Crippen LogP) is 1.46. The molecule has 0 spiro atoms. The zero-order chi connectivity index (χ0) is 14.5. The fraction of sp³-hybridized carbons (Fsp3) is 0.500. The molecule has 0 aliphatic carbocycles. The number of hydrogen-bond donors (Lipinski definition) is 4. The van der Waals surface area contributed by atoms with Crippen LogP contribution in [0, 0.1) is 0 Å². The van der Waals surface area contributed by atoms with Crippen molar-refractivity contribution in [2.24, 2.45) is 0 Å². The number of benzene rings is 1. The van der Waals surface area contributed by atoms with Crippen LogP contribution in [0.3, 0.4) is 0 Å². The van der Waals surface area contributed by atoms with Gasteiger partial charge in [0.25, 0.3) is 0 Å². The minimum atomic E-state index is -0.936. The van der Waals surface area contributed by atoms with Gasteiger partial charge in [-0.2, -0.15) is 0 Å². The van der Waals surface area contributed by atoms with E-state index in [1.165, 1.54) is 5.56 Å². The average molecular weight is 266 g/mol. The van der Waals surface area contributed by atoms with Crippen LogP contribution in [0.15, 0.2) is 24.3 Å². The van der Waals surface area contributed by atoms with Crippen molar-refractivity contribution in [3.05, 3.63) is 29.8 Å².